The fraction of sp³-hybridized carbons (Fsp3) is 0.0909. The molecule has 0 unspecified atom stereocenters. The van der Waals surface area contributed by atoms with E-state index in [1.165, 1.54) is 18.2 Å². The quantitative estimate of drug-likeness (QED) is 0.212. The molecule has 0 fully saturated rings. The number of benzene rings is 3. The van der Waals surface area contributed by atoms with Gasteiger partial charge in [0.15, 0.2) is 6.73 Å². The minimum absolute atomic E-state index is 0.00602. The van der Waals surface area contributed by atoms with Crippen LogP contribution in [0, 0.1) is 10.1 Å². The number of nitro groups is 1. The predicted octanol–water partition coefficient (Wildman–Crippen LogP) is 4.68. The van der Waals surface area contributed by atoms with Crippen molar-refractivity contribution < 1.29 is 27.6 Å². The molecule has 178 valence electrons. The van der Waals surface area contributed by atoms with Crippen molar-refractivity contribution in [3.8, 4) is 0 Å². The summed E-state index contributed by atoms with van der Waals surface area (Å²) in [6.07, 6.45) is -4.75. The van der Waals surface area contributed by atoms with E-state index in [0.29, 0.717) is 11.6 Å². The Labute approximate surface area is 198 Å². The third-order valence-corrected chi connectivity index (χ3v) is 5.90. The van der Waals surface area contributed by atoms with E-state index in [1.54, 1.807) is 30.3 Å². The maximum atomic E-state index is 13.0. The van der Waals surface area contributed by atoms with E-state index in [1.807, 2.05) is 0 Å². The summed E-state index contributed by atoms with van der Waals surface area (Å²) >= 11 is 0.737. The standard InChI is InChI=1S/C22H13F3N4O5S/c23-22(24,25)13-9-10-19(17(11-13)29(32)33)35-18-8-4-2-6-15(18)21(31)34-12-28-20(30)14-5-1-3-7-16(14)26-27-28/h1-11H,12H2. The predicted molar refractivity (Wildman–Crippen MR) is 118 cm³/mol. The molecule has 0 aliphatic heterocycles. The highest BCUT2D eigenvalue weighted by Gasteiger charge is 2.33. The number of halogens is 3. The molecule has 4 aromatic rings. The van der Waals surface area contributed by atoms with Crippen molar-refractivity contribution in [2.45, 2.75) is 22.7 Å². The topological polar surface area (TPSA) is 117 Å². The van der Waals surface area contributed by atoms with Gasteiger partial charge in [0.1, 0.15) is 5.52 Å². The lowest BCUT2D eigenvalue weighted by atomic mass is 10.2. The van der Waals surface area contributed by atoms with Gasteiger partial charge in [-0.2, -0.15) is 17.9 Å². The monoisotopic (exact) mass is 502 g/mol. The van der Waals surface area contributed by atoms with Crippen LogP contribution in [-0.4, -0.2) is 25.9 Å². The first-order valence-corrected chi connectivity index (χ1v) is 10.6. The molecule has 0 bridgehead atoms. The molecule has 0 spiro atoms. The second-order valence-corrected chi connectivity index (χ2v) is 8.09. The number of hydrogen-bond donors (Lipinski definition) is 0. The highest BCUT2D eigenvalue weighted by atomic mass is 32.2. The molecule has 0 radical (unpaired) electrons. The highest BCUT2D eigenvalue weighted by molar-refractivity contribution is 7.99. The zero-order chi connectivity index (χ0) is 25.2. The van der Waals surface area contributed by atoms with E-state index in [-0.39, 0.29) is 20.7 Å². The van der Waals surface area contributed by atoms with E-state index < -0.39 is 40.6 Å². The zero-order valence-electron chi connectivity index (χ0n) is 17.4. The number of nitro benzene ring substituents is 1. The van der Waals surface area contributed by atoms with Crippen LogP contribution in [0.15, 0.2) is 81.3 Å². The van der Waals surface area contributed by atoms with Crippen molar-refractivity contribution in [2.75, 3.05) is 0 Å². The number of carbonyl (C=O) groups is 1. The lowest BCUT2D eigenvalue weighted by Crippen LogP contribution is -2.26. The fourth-order valence-electron chi connectivity index (χ4n) is 3.07. The fourth-order valence-corrected chi connectivity index (χ4v) is 4.09. The van der Waals surface area contributed by atoms with E-state index in [2.05, 4.69) is 10.3 Å². The summed E-state index contributed by atoms with van der Waals surface area (Å²) in [6, 6.07) is 14.5. The molecular formula is C22H13F3N4O5S. The van der Waals surface area contributed by atoms with Crippen molar-refractivity contribution >= 4 is 34.3 Å². The maximum Gasteiger partial charge on any atom is 0.416 e. The normalized spacial score (nSPS) is 11.4. The molecule has 0 amide bonds. The second-order valence-electron chi connectivity index (χ2n) is 7.01. The molecule has 0 aliphatic rings. The lowest BCUT2D eigenvalue weighted by Gasteiger charge is -2.11. The first kappa shape index (κ1) is 23.9. The summed E-state index contributed by atoms with van der Waals surface area (Å²) in [5.41, 5.74) is -2.07. The number of carbonyl (C=O) groups excluding carboxylic acids is 1. The van der Waals surface area contributed by atoms with Crippen LogP contribution in [0.2, 0.25) is 0 Å². The number of hydrogen-bond acceptors (Lipinski definition) is 8. The molecule has 13 heteroatoms. The second kappa shape index (κ2) is 9.54. The Hall–Kier alpha value is -4.26. The molecule has 9 nitrogen and oxygen atoms in total. The van der Waals surface area contributed by atoms with Crippen LogP contribution in [0.1, 0.15) is 15.9 Å². The Balaban J connectivity index is 1.58. The molecule has 1 aromatic heterocycles. The van der Waals surface area contributed by atoms with Crippen LogP contribution in [0.5, 0.6) is 0 Å². The van der Waals surface area contributed by atoms with Gasteiger partial charge in [-0.25, -0.2) is 4.79 Å². The van der Waals surface area contributed by atoms with E-state index in [9.17, 15) is 32.9 Å². The van der Waals surface area contributed by atoms with E-state index >= 15 is 0 Å². The SMILES string of the molecule is O=C(OCn1nnc2ccccc2c1=O)c1ccccc1Sc1ccc(C(F)(F)F)cc1[N+](=O)[O-]. The zero-order valence-corrected chi connectivity index (χ0v) is 18.2. The van der Waals surface area contributed by atoms with Gasteiger partial charge in [0.25, 0.3) is 11.2 Å². The first-order valence-electron chi connectivity index (χ1n) is 9.77. The highest BCUT2D eigenvalue weighted by Crippen LogP contribution is 2.40. The Morgan fingerprint density at radius 3 is 2.51 bits per heavy atom. The van der Waals surface area contributed by atoms with Crippen LogP contribution < -0.4 is 5.56 Å². The summed E-state index contributed by atoms with van der Waals surface area (Å²) in [5.74, 6) is -0.871. The van der Waals surface area contributed by atoms with Crippen molar-refractivity contribution in [3.05, 3.63) is 98.3 Å². The number of aromatic nitrogens is 3. The summed E-state index contributed by atoms with van der Waals surface area (Å²) in [5, 5.41) is 19.3. The smallest absolute Gasteiger partial charge is 0.416 e. The molecule has 0 aliphatic carbocycles. The Morgan fingerprint density at radius 2 is 1.77 bits per heavy atom. The van der Waals surface area contributed by atoms with E-state index in [4.69, 9.17) is 4.74 Å². The Kier molecular flexibility index (Phi) is 6.51. The molecule has 0 saturated carbocycles. The van der Waals surface area contributed by atoms with Crippen LogP contribution in [0.4, 0.5) is 18.9 Å². The van der Waals surface area contributed by atoms with Gasteiger partial charge in [0.2, 0.25) is 0 Å². The summed E-state index contributed by atoms with van der Waals surface area (Å²) in [4.78, 5) is 35.8. The molecule has 3 aromatic carbocycles. The van der Waals surface area contributed by atoms with Gasteiger partial charge in [0.05, 0.1) is 26.3 Å². The van der Waals surface area contributed by atoms with Gasteiger partial charge in [0, 0.05) is 11.0 Å². The Morgan fingerprint density at radius 1 is 1.06 bits per heavy atom. The number of ether oxygens (including phenoxy) is 1. The number of fused-ring (bicyclic) bond motifs is 1. The van der Waals surface area contributed by atoms with Gasteiger partial charge in [-0.3, -0.25) is 14.9 Å². The third-order valence-electron chi connectivity index (χ3n) is 4.76. The summed E-state index contributed by atoms with van der Waals surface area (Å²) in [6.45, 7) is -0.547. The van der Waals surface area contributed by atoms with Crippen LogP contribution in [0.3, 0.4) is 0 Å². The summed E-state index contributed by atoms with van der Waals surface area (Å²) < 4.78 is 45.0. The molecule has 0 saturated heterocycles. The van der Waals surface area contributed by atoms with Crippen LogP contribution in [0.25, 0.3) is 10.9 Å². The minimum Gasteiger partial charge on any atom is -0.439 e. The number of nitrogens with zero attached hydrogens (tertiary/aromatic N) is 4. The molecular weight excluding hydrogens is 489 g/mol. The average molecular weight is 502 g/mol. The van der Waals surface area contributed by atoms with Crippen LogP contribution in [-0.2, 0) is 17.6 Å². The van der Waals surface area contributed by atoms with Gasteiger partial charge in [-0.15, -0.1) is 5.10 Å². The van der Waals surface area contributed by atoms with Crippen molar-refractivity contribution in [3.63, 3.8) is 0 Å². The number of alkyl halides is 3. The molecule has 0 N–H and O–H groups in total. The minimum atomic E-state index is -4.75. The largest absolute Gasteiger partial charge is 0.439 e. The molecule has 1 heterocycles. The third kappa shape index (κ3) is 5.14. The number of rotatable bonds is 6. The molecule has 0 atom stereocenters. The van der Waals surface area contributed by atoms with Crippen molar-refractivity contribution in [1.82, 2.24) is 15.0 Å². The lowest BCUT2D eigenvalue weighted by molar-refractivity contribution is -0.388. The molecule has 35 heavy (non-hydrogen) atoms. The van der Waals surface area contributed by atoms with Gasteiger partial charge in [-0.05, 0) is 36.4 Å². The maximum absolute atomic E-state index is 13.0. The average Bonchev–Trinajstić information content (AvgIpc) is 2.83. The Bertz CT molecular complexity index is 1510. The van der Waals surface area contributed by atoms with E-state index in [0.717, 1.165) is 28.6 Å². The first-order chi connectivity index (χ1) is 16.6. The van der Waals surface area contributed by atoms with Gasteiger partial charge < -0.3 is 4.74 Å². The van der Waals surface area contributed by atoms with Gasteiger partial charge in [-0.1, -0.05) is 41.2 Å². The number of esters is 1. The van der Waals surface area contributed by atoms with Gasteiger partial charge >= 0.3 is 12.1 Å². The van der Waals surface area contributed by atoms with Crippen molar-refractivity contribution in [1.29, 1.82) is 0 Å². The summed E-state index contributed by atoms with van der Waals surface area (Å²) in [7, 11) is 0. The van der Waals surface area contributed by atoms with Crippen molar-refractivity contribution in [2.24, 2.45) is 0 Å². The van der Waals surface area contributed by atoms with Crippen LogP contribution >= 0.6 is 11.8 Å². The molecule has 4 rings (SSSR count).